The van der Waals surface area contributed by atoms with Gasteiger partial charge in [0.1, 0.15) is 18.1 Å². The summed E-state index contributed by atoms with van der Waals surface area (Å²) >= 11 is 0. The van der Waals surface area contributed by atoms with Crippen LogP contribution >= 0.6 is 0 Å². The van der Waals surface area contributed by atoms with Crippen molar-refractivity contribution in [1.29, 1.82) is 0 Å². The molecule has 0 radical (unpaired) electrons. The van der Waals surface area contributed by atoms with Gasteiger partial charge < -0.3 is 18.6 Å². The Balaban J connectivity index is 2.12. The van der Waals surface area contributed by atoms with Gasteiger partial charge in [-0.25, -0.2) is 4.79 Å². The van der Waals surface area contributed by atoms with Gasteiger partial charge in [-0.2, -0.15) is 0 Å². The minimum atomic E-state index is -0.610. The van der Waals surface area contributed by atoms with Gasteiger partial charge in [0.25, 0.3) is 0 Å². The van der Waals surface area contributed by atoms with Crippen molar-refractivity contribution in [3.8, 4) is 11.5 Å². The first-order chi connectivity index (χ1) is 10.5. The standard InChI is InChI=1S/C14H13NO7/c1-19-9-3-5-12(11(7-9)15(17)18)21-8-10-4-6-13(22-10)14(16)20-2/h3-7H,8H2,1-2H3. The molecular weight excluding hydrogens is 294 g/mol. The SMILES string of the molecule is COC(=O)c1ccc(COc2ccc(OC)cc2[N+](=O)[O-])o1. The van der Waals surface area contributed by atoms with Crippen molar-refractivity contribution in [2.75, 3.05) is 14.2 Å². The first-order valence-electron chi connectivity index (χ1n) is 6.17. The minimum absolute atomic E-state index is 0.0327. The number of carbonyl (C=O) groups excluding carboxylic acids is 1. The number of methoxy groups -OCH3 is 2. The number of benzene rings is 1. The van der Waals surface area contributed by atoms with Crippen LogP contribution in [-0.2, 0) is 11.3 Å². The molecule has 0 atom stereocenters. The van der Waals surface area contributed by atoms with Crippen LogP contribution in [0.2, 0.25) is 0 Å². The monoisotopic (exact) mass is 307 g/mol. The lowest BCUT2D eigenvalue weighted by Crippen LogP contribution is -2.00. The Morgan fingerprint density at radius 3 is 2.68 bits per heavy atom. The summed E-state index contributed by atoms with van der Waals surface area (Å²) in [5.41, 5.74) is -0.223. The topological polar surface area (TPSA) is 101 Å². The third-order valence-corrected chi connectivity index (χ3v) is 2.78. The van der Waals surface area contributed by atoms with Gasteiger partial charge in [0, 0.05) is 0 Å². The normalized spacial score (nSPS) is 10.1. The van der Waals surface area contributed by atoms with E-state index in [2.05, 4.69) is 4.74 Å². The molecule has 0 saturated heterocycles. The fourth-order valence-corrected chi connectivity index (χ4v) is 1.70. The molecule has 0 saturated carbocycles. The van der Waals surface area contributed by atoms with E-state index in [0.29, 0.717) is 11.5 Å². The highest BCUT2D eigenvalue weighted by Crippen LogP contribution is 2.31. The highest BCUT2D eigenvalue weighted by molar-refractivity contribution is 5.86. The molecule has 2 rings (SSSR count). The fraction of sp³-hybridized carbons (Fsp3) is 0.214. The molecule has 1 aromatic heterocycles. The number of hydrogen-bond donors (Lipinski definition) is 0. The van der Waals surface area contributed by atoms with Crippen molar-refractivity contribution < 1.29 is 28.3 Å². The van der Waals surface area contributed by atoms with E-state index < -0.39 is 10.9 Å². The molecule has 0 amide bonds. The van der Waals surface area contributed by atoms with Gasteiger partial charge in [0.15, 0.2) is 5.75 Å². The summed E-state index contributed by atoms with van der Waals surface area (Å²) in [5.74, 6) is 0.185. The first-order valence-corrected chi connectivity index (χ1v) is 6.17. The van der Waals surface area contributed by atoms with Gasteiger partial charge >= 0.3 is 11.7 Å². The van der Waals surface area contributed by atoms with E-state index in [1.807, 2.05) is 0 Å². The number of carbonyl (C=O) groups is 1. The van der Waals surface area contributed by atoms with Crippen LogP contribution in [0.15, 0.2) is 34.7 Å². The highest BCUT2D eigenvalue weighted by atomic mass is 16.6. The summed E-state index contributed by atoms with van der Waals surface area (Å²) in [7, 11) is 2.65. The molecule has 0 fully saturated rings. The second kappa shape index (κ2) is 6.61. The molecule has 116 valence electrons. The second-order valence-corrected chi connectivity index (χ2v) is 4.14. The zero-order valence-corrected chi connectivity index (χ0v) is 11.9. The lowest BCUT2D eigenvalue weighted by molar-refractivity contribution is -0.386. The number of esters is 1. The molecule has 22 heavy (non-hydrogen) atoms. The Bertz CT molecular complexity index is 692. The van der Waals surface area contributed by atoms with Crippen LogP contribution in [0.1, 0.15) is 16.3 Å². The Kier molecular flexibility index (Phi) is 4.62. The highest BCUT2D eigenvalue weighted by Gasteiger charge is 2.18. The van der Waals surface area contributed by atoms with E-state index in [1.54, 1.807) is 6.07 Å². The molecule has 1 aromatic carbocycles. The number of rotatable bonds is 6. The van der Waals surface area contributed by atoms with Crippen molar-refractivity contribution >= 4 is 11.7 Å². The zero-order chi connectivity index (χ0) is 16.1. The van der Waals surface area contributed by atoms with Crippen LogP contribution in [0, 0.1) is 10.1 Å². The van der Waals surface area contributed by atoms with Crippen LogP contribution in [0.5, 0.6) is 11.5 Å². The third kappa shape index (κ3) is 3.35. The number of hydrogen-bond acceptors (Lipinski definition) is 7. The number of furan rings is 1. The molecule has 8 nitrogen and oxygen atoms in total. The average Bonchev–Trinajstić information content (AvgIpc) is 3.00. The average molecular weight is 307 g/mol. The Morgan fingerprint density at radius 2 is 2.05 bits per heavy atom. The molecule has 0 aliphatic carbocycles. The molecular formula is C14H13NO7. The van der Waals surface area contributed by atoms with Crippen molar-refractivity contribution in [2.45, 2.75) is 6.61 Å². The molecule has 0 N–H and O–H groups in total. The molecule has 0 bridgehead atoms. The zero-order valence-electron chi connectivity index (χ0n) is 11.9. The van der Waals surface area contributed by atoms with Gasteiger partial charge in [0.05, 0.1) is 25.2 Å². The van der Waals surface area contributed by atoms with Crippen molar-refractivity contribution in [3.63, 3.8) is 0 Å². The summed E-state index contributed by atoms with van der Waals surface area (Å²) in [6, 6.07) is 7.21. The number of ether oxygens (including phenoxy) is 3. The lowest BCUT2D eigenvalue weighted by atomic mass is 10.3. The molecule has 2 aromatic rings. The molecule has 0 spiro atoms. The Labute approximate surface area is 125 Å². The summed E-state index contributed by atoms with van der Waals surface area (Å²) in [4.78, 5) is 21.7. The maximum Gasteiger partial charge on any atom is 0.373 e. The van der Waals surface area contributed by atoms with Crippen molar-refractivity contribution in [1.82, 2.24) is 0 Å². The molecule has 0 unspecified atom stereocenters. The quantitative estimate of drug-likeness (QED) is 0.459. The van der Waals surface area contributed by atoms with E-state index in [4.69, 9.17) is 13.9 Å². The van der Waals surface area contributed by atoms with E-state index in [0.717, 1.165) is 0 Å². The Hall–Kier alpha value is -3.03. The Morgan fingerprint density at radius 1 is 1.27 bits per heavy atom. The van der Waals surface area contributed by atoms with Crippen LogP contribution in [0.25, 0.3) is 0 Å². The maximum atomic E-state index is 11.3. The van der Waals surface area contributed by atoms with Gasteiger partial charge in [-0.15, -0.1) is 0 Å². The van der Waals surface area contributed by atoms with Gasteiger partial charge in [0.2, 0.25) is 5.76 Å². The summed E-state index contributed by atoms with van der Waals surface area (Å²) in [5, 5.41) is 11.0. The largest absolute Gasteiger partial charge is 0.496 e. The lowest BCUT2D eigenvalue weighted by Gasteiger charge is -2.06. The van der Waals surface area contributed by atoms with Gasteiger partial charge in [-0.05, 0) is 24.3 Å². The summed E-state index contributed by atoms with van der Waals surface area (Å²) in [6.45, 7) is -0.0653. The van der Waals surface area contributed by atoms with Crippen LogP contribution in [0.4, 0.5) is 5.69 Å². The van der Waals surface area contributed by atoms with E-state index in [9.17, 15) is 14.9 Å². The minimum Gasteiger partial charge on any atom is -0.496 e. The molecule has 1 heterocycles. The molecule has 0 aliphatic rings. The second-order valence-electron chi connectivity index (χ2n) is 4.14. The number of nitro benzene ring substituents is 1. The van der Waals surface area contributed by atoms with E-state index >= 15 is 0 Å². The van der Waals surface area contributed by atoms with Crippen LogP contribution < -0.4 is 9.47 Å². The van der Waals surface area contributed by atoms with Crippen LogP contribution in [0.3, 0.4) is 0 Å². The predicted molar refractivity (Wildman–Crippen MR) is 74.0 cm³/mol. The van der Waals surface area contributed by atoms with E-state index in [-0.39, 0.29) is 23.8 Å². The molecule has 0 aliphatic heterocycles. The first kappa shape index (κ1) is 15.4. The third-order valence-electron chi connectivity index (χ3n) is 2.78. The van der Waals surface area contributed by atoms with Crippen molar-refractivity contribution in [2.24, 2.45) is 0 Å². The smallest absolute Gasteiger partial charge is 0.373 e. The number of nitrogens with zero attached hydrogens (tertiary/aromatic N) is 1. The summed E-state index contributed by atoms with van der Waals surface area (Å²) < 4.78 is 20.0. The number of nitro groups is 1. The van der Waals surface area contributed by atoms with Gasteiger partial charge in [-0.1, -0.05) is 0 Å². The summed E-state index contributed by atoms with van der Waals surface area (Å²) in [6.07, 6.45) is 0. The van der Waals surface area contributed by atoms with Crippen LogP contribution in [-0.4, -0.2) is 25.1 Å². The predicted octanol–water partition coefficient (Wildman–Crippen LogP) is 2.56. The van der Waals surface area contributed by atoms with E-state index in [1.165, 1.54) is 38.5 Å². The maximum absolute atomic E-state index is 11.3. The fourth-order valence-electron chi connectivity index (χ4n) is 1.70. The molecule has 8 heteroatoms. The van der Waals surface area contributed by atoms with Crippen molar-refractivity contribution in [3.05, 3.63) is 52.0 Å². The van der Waals surface area contributed by atoms with Gasteiger partial charge in [-0.3, -0.25) is 10.1 Å².